The Morgan fingerprint density at radius 3 is 2.50 bits per heavy atom. The van der Waals surface area contributed by atoms with Gasteiger partial charge in [-0.3, -0.25) is 0 Å². The van der Waals surface area contributed by atoms with Crippen LogP contribution in [0, 0.1) is 6.92 Å². The summed E-state index contributed by atoms with van der Waals surface area (Å²) in [6.45, 7) is 4.85. The van der Waals surface area contributed by atoms with Crippen LogP contribution in [0.4, 0.5) is 10.5 Å². The number of rotatable bonds is 1. The van der Waals surface area contributed by atoms with Gasteiger partial charge in [0, 0.05) is 0 Å². The van der Waals surface area contributed by atoms with Crippen LogP contribution in [0.3, 0.4) is 0 Å². The van der Waals surface area contributed by atoms with Crippen LogP contribution in [0.25, 0.3) is 0 Å². The lowest BCUT2D eigenvalue weighted by molar-refractivity contribution is 0.133. The van der Waals surface area contributed by atoms with Crippen molar-refractivity contribution in [3.63, 3.8) is 0 Å². The quantitative estimate of drug-likeness (QED) is 0.843. The molecule has 1 atom stereocenters. The van der Waals surface area contributed by atoms with Gasteiger partial charge in [-0.2, -0.15) is 18.5 Å². The predicted molar refractivity (Wildman–Crippen MR) is 81.1 cm³/mol. The van der Waals surface area contributed by atoms with Crippen molar-refractivity contribution in [2.24, 2.45) is 9.50 Å². The summed E-state index contributed by atoms with van der Waals surface area (Å²) in [6, 6.07) is 6.60. The number of anilines is 1. The fourth-order valence-corrected chi connectivity index (χ4v) is 3.34. The molecule has 1 N–H and O–H groups in total. The molecular weight excluding hydrogens is 308 g/mol. The molecule has 0 fully saturated rings. The third kappa shape index (κ3) is 2.38. The van der Waals surface area contributed by atoms with E-state index in [-0.39, 0.29) is 11.4 Å². The van der Waals surface area contributed by atoms with Crippen molar-refractivity contribution in [3.05, 3.63) is 29.8 Å². The summed E-state index contributed by atoms with van der Waals surface area (Å²) in [4.78, 5) is 12.3. The number of hydrogen-bond acceptors (Lipinski definition) is 5. The van der Waals surface area contributed by atoms with Crippen LogP contribution in [0.5, 0.6) is 0 Å². The number of urea groups is 1. The molecule has 0 spiro atoms. The molecule has 22 heavy (non-hydrogen) atoms. The van der Waals surface area contributed by atoms with E-state index in [1.54, 1.807) is 12.1 Å². The van der Waals surface area contributed by atoms with Gasteiger partial charge in [-0.1, -0.05) is 17.7 Å². The van der Waals surface area contributed by atoms with Crippen LogP contribution in [0.1, 0.15) is 19.4 Å². The van der Waals surface area contributed by atoms with Gasteiger partial charge in [0.15, 0.2) is 0 Å². The average molecular weight is 322 g/mol. The van der Waals surface area contributed by atoms with Gasteiger partial charge < -0.3 is 5.32 Å². The summed E-state index contributed by atoms with van der Waals surface area (Å²) in [7, 11) is -4.10. The Morgan fingerprint density at radius 2 is 1.86 bits per heavy atom. The summed E-state index contributed by atoms with van der Waals surface area (Å²) in [5, 5.41) is 7.89. The monoisotopic (exact) mass is 322 g/mol. The van der Waals surface area contributed by atoms with Crippen LogP contribution in [-0.4, -0.2) is 31.6 Å². The molecule has 0 aliphatic carbocycles. The number of amides is 2. The minimum absolute atomic E-state index is 0.172. The summed E-state index contributed by atoms with van der Waals surface area (Å²) in [6.07, 6.45) is 0. The van der Waals surface area contributed by atoms with Gasteiger partial charge in [-0.15, -0.1) is 4.40 Å². The van der Waals surface area contributed by atoms with Crippen LogP contribution in [0.2, 0.25) is 0 Å². The van der Waals surface area contributed by atoms with E-state index in [0.29, 0.717) is 5.69 Å². The molecule has 0 saturated carbocycles. The zero-order valence-corrected chi connectivity index (χ0v) is 13.0. The maximum Gasteiger partial charge on any atom is 0.383 e. The molecule has 2 aliphatic heterocycles. The fraction of sp³-hybridized carbons (Fsp3) is 0.308. The predicted octanol–water partition coefficient (Wildman–Crippen LogP) is 1.33. The smallest absolute Gasteiger partial charge is 0.302 e. The number of aryl methyl sites for hydroxylation is 1. The van der Waals surface area contributed by atoms with E-state index in [4.69, 9.17) is 4.18 Å². The molecule has 0 bridgehead atoms. The Morgan fingerprint density at radius 1 is 1.23 bits per heavy atom. The first-order valence-electron chi connectivity index (χ1n) is 6.51. The van der Waals surface area contributed by atoms with Crippen LogP contribution < -0.4 is 10.3 Å². The average Bonchev–Trinajstić information content (AvgIpc) is 2.37. The van der Waals surface area contributed by atoms with Crippen molar-refractivity contribution in [2.45, 2.75) is 26.5 Å². The molecular formula is C13H14N4O4S. The molecule has 1 unspecified atom stereocenters. The highest BCUT2D eigenvalue weighted by Gasteiger charge is 2.48. The first kappa shape index (κ1) is 14.7. The van der Waals surface area contributed by atoms with E-state index in [1.807, 2.05) is 19.1 Å². The number of nitrogens with zero attached hydrogens (tertiary/aromatic N) is 3. The Hall–Kier alpha value is -2.26. The SMILES string of the molecule is CC1=NS(=O)(=O)OC2(C)NC(=O)N(c3ccc(C)cc3)N=C12. The molecule has 2 aliphatic rings. The van der Waals surface area contributed by atoms with E-state index in [1.165, 1.54) is 13.8 Å². The summed E-state index contributed by atoms with van der Waals surface area (Å²) in [5.74, 6) is 0. The van der Waals surface area contributed by atoms with Gasteiger partial charge in [0.05, 0.1) is 11.4 Å². The fourth-order valence-electron chi connectivity index (χ4n) is 2.34. The largest absolute Gasteiger partial charge is 0.383 e. The second kappa shape index (κ2) is 4.62. The molecule has 0 radical (unpaired) electrons. The van der Waals surface area contributed by atoms with Crippen LogP contribution >= 0.6 is 0 Å². The number of fused-ring (bicyclic) bond motifs is 1. The van der Waals surface area contributed by atoms with Gasteiger partial charge in [-0.05, 0) is 32.9 Å². The maximum absolute atomic E-state index is 12.3. The maximum atomic E-state index is 12.3. The molecule has 8 nitrogen and oxygen atoms in total. The van der Waals surface area contributed by atoms with Crippen molar-refractivity contribution in [2.75, 3.05) is 5.01 Å². The second-order valence-electron chi connectivity index (χ2n) is 5.25. The minimum atomic E-state index is -4.10. The van der Waals surface area contributed by atoms with Crippen molar-refractivity contribution in [1.82, 2.24) is 5.32 Å². The number of carbonyl (C=O) groups excluding carboxylic acids is 1. The van der Waals surface area contributed by atoms with E-state index in [9.17, 15) is 13.2 Å². The van der Waals surface area contributed by atoms with Crippen LogP contribution in [-0.2, 0) is 14.5 Å². The molecule has 0 aromatic heterocycles. The Kier molecular flexibility index (Phi) is 3.08. The molecule has 0 saturated heterocycles. The van der Waals surface area contributed by atoms with E-state index < -0.39 is 22.1 Å². The van der Waals surface area contributed by atoms with E-state index in [0.717, 1.165) is 10.6 Å². The highest BCUT2D eigenvalue weighted by atomic mass is 32.2. The Labute approximate surface area is 127 Å². The van der Waals surface area contributed by atoms with Gasteiger partial charge in [0.25, 0.3) is 0 Å². The first-order valence-corrected chi connectivity index (χ1v) is 7.87. The first-order chi connectivity index (χ1) is 10.2. The van der Waals surface area contributed by atoms with E-state index in [2.05, 4.69) is 14.8 Å². The molecule has 2 heterocycles. The lowest BCUT2D eigenvalue weighted by atomic mass is 10.1. The van der Waals surface area contributed by atoms with E-state index >= 15 is 0 Å². The van der Waals surface area contributed by atoms with Crippen LogP contribution in [0.15, 0.2) is 33.8 Å². The summed E-state index contributed by atoms with van der Waals surface area (Å²) >= 11 is 0. The van der Waals surface area contributed by atoms with Crippen molar-refractivity contribution < 1.29 is 17.4 Å². The number of carbonyl (C=O) groups is 1. The Bertz CT molecular complexity index is 813. The van der Waals surface area contributed by atoms with Gasteiger partial charge in [0.1, 0.15) is 5.71 Å². The molecule has 116 valence electrons. The molecule has 2 amide bonds. The second-order valence-corrected chi connectivity index (χ2v) is 6.45. The highest BCUT2D eigenvalue weighted by molar-refractivity contribution is 7.85. The third-order valence-corrected chi connectivity index (χ3v) is 4.37. The Balaban J connectivity index is 2.11. The third-order valence-electron chi connectivity index (χ3n) is 3.33. The molecule has 1 aromatic carbocycles. The number of benzene rings is 1. The minimum Gasteiger partial charge on any atom is -0.302 e. The lowest BCUT2D eigenvalue weighted by Gasteiger charge is -2.38. The van der Waals surface area contributed by atoms with Crippen molar-refractivity contribution in [3.8, 4) is 0 Å². The number of hydrazone groups is 1. The number of hydrogen-bond donors (Lipinski definition) is 1. The normalized spacial score (nSPS) is 26.7. The standard InChI is InChI=1S/C13H14N4O4S/c1-8-4-6-10(7-5-8)17-12(18)14-13(3)11(15-17)9(2)16-22(19,20)21-13/h4-7H,1-3H3,(H,14,18). The van der Waals surface area contributed by atoms with Gasteiger partial charge in [-0.25, -0.2) is 8.98 Å². The highest BCUT2D eigenvalue weighted by Crippen LogP contribution is 2.27. The zero-order valence-electron chi connectivity index (χ0n) is 12.2. The summed E-state index contributed by atoms with van der Waals surface area (Å²) < 4.78 is 31.5. The topological polar surface area (TPSA) is 100 Å². The molecule has 1 aromatic rings. The van der Waals surface area contributed by atoms with Crippen molar-refractivity contribution in [1.29, 1.82) is 0 Å². The molecule has 3 rings (SSSR count). The van der Waals surface area contributed by atoms with Gasteiger partial charge in [0.2, 0.25) is 5.72 Å². The number of nitrogens with one attached hydrogen (secondary N) is 1. The molecule has 9 heteroatoms. The van der Waals surface area contributed by atoms with Crippen molar-refractivity contribution >= 4 is 33.4 Å². The summed E-state index contributed by atoms with van der Waals surface area (Å²) in [5.41, 5.74) is 0.457. The van der Waals surface area contributed by atoms with Gasteiger partial charge >= 0.3 is 16.3 Å². The zero-order chi connectivity index (χ0) is 16.1. The lowest BCUT2D eigenvalue weighted by Crippen LogP contribution is -2.65.